The second-order valence-electron chi connectivity index (χ2n) is 3.90. The molecule has 112 valence electrons. The van der Waals surface area contributed by atoms with E-state index >= 15 is 0 Å². The molecule has 9 heteroatoms. The van der Waals surface area contributed by atoms with Crippen LogP contribution >= 0.6 is 11.8 Å². The fraction of sp³-hybridized carbons (Fsp3) is 0.167. The van der Waals surface area contributed by atoms with Gasteiger partial charge in [0, 0.05) is 0 Å². The van der Waals surface area contributed by atoms with Crippen LogP contribution < -0.4 is 10.1 Å². The van der Waals surface area contributed by atoms with E-state index in [1.54, 1.807) is 0 Å². The van der Waals surface area contributed by atoms with Crippen LogP contribution in [0.3, 0.4) is 0 Å². The summed E-state index contributed by atoms with van der Waals surface area (Å²) < 4.78 is 52.7. The molecule has 4 nitrogen and oxygen atoms in total. The van der Waals surface area contributed by atoms with E-state index in [2.05, 4.69) is 10.1 Å². The number of carbonyl (C=O) groups is 2. The van der Waals surface area contributed by atoms with E-state index in [0.29, 0.717) is 17.3 Å². The van der Waals surface area contributed by atoms with Gasteiger partial charge in [-0.2, -0.15) is 17.6 Å². The minimum absolute atomic E-state index is 0.160. The number of hydrogen-bond donors (Lipinski definition) is 1. The van der Waals surface area contributed by atoms with Crippen LogP contribution in [0.2, 0.25) is 0 Å². The molecule has 1 atom stereocenters. The lowest BCUT2D eigenvalue weighted by molar-refractivity contribution is -0.236. The number of carbonyl (C=O) groups excluding carboxylic acids is 2. The van der Waals surface area contributed by atoms with E-state index < -0.39 is 23.7 Å². The maximum atomic E-state index is 12.7. The van der Waals surface area contributed by atoms with Gasteiger partial charge in [-0.3, -0.25) is 14.9 Å². The van der Waals surface area contributed by atoms with Crippen LogP contribution in [0.5, 0.6) is 5.75 Å². The van der Waals surface area contributed by atoms with Gasteiger partial charge >= 0.3 is 12.5 Å². The van der Waals surface area contributed by atoms with Gasteiger partial charge in [-0.1, -0.05) is 12.1 Å². The molecule has 1 heterocycles. The first kappa shape index (κ1) is 15.4. The molecule has 1 fully saturated rings. The quantitative estimate of drug-likeness (QED) is 0.686. The Labute approximate surface area is 120 Å². The summed E-state index contributed by atoms with van der Waals surface area (Å²) in [4.78, 5) is 22.4. The molecule has 1 aliphatic rings. The van der Waals surface area contributed by atoms with Crippen molar-refractivity contribution in [2.75, 3.05) is 0 Å². The number of alkyl halides is 4. The van der Waals surface area contributed by atoms with Crippen molar-refractivity contribution in [2.24, 2.45) is 0 Å². The Morgan fingerprint density at radius 2 is 1.81 bits per heavy atom. The molecule has 1 aromatic rings. The number of amides is 2. The van der Waals surface area contributed by atoms with Crippen LogP contribution in [0.25, 0.3) is 6.08 Å². The van der Waals surface area contributed by atoms with Gasteiger partial charge < -0.3 is 4.74 Å². The van der Waals surface area contributed by atoms with Crippen LogP contribution in [0.4, 0.5) is 22.4 Å². The molecular formula is C12H7F4NO3S. The van der Waals surface area contributed by atoms with Crippen molar-refractivity contribution in [3.05, 3.63) is 34.7 Å². The lowest BCUT2D eigenvalue weighted by Crippen LogP contribution is -2.29. The van der Waals surface area contributed by atoms with Gasteiger partial charge in [0.15, 0.2) is 0 Å². The first-order valence-electron chi connectivity index (χ1n) is 5.48. The van der Waals surface area contributed by atoms with Gasteiger partial charge in [0.05, 0.1) is 4.91 Å². The fourth-order valence-electron chi connectivity index (χ4n) is 1.40. The average molecular weight is 321 g/mol. The van der Waals surface area contributed by atoms with Gasteiger partial charge in [0.2, 0.25) is 0 Å². The molecule has 1 aromatic carbocycles. The predicted octanol–water partition coefficient (Wildman–Crippen LogP) is 3.25. The normalized spacial score (nSPS) is 18.8. The zero-order chi connectivity index (χ0) is 15.6. The molecule has 1 aliphatic heterocycles. The summed E-state index contributed by atoms with van der Waals surface area (Å²) in [7, 11) is 0. The van der Waals surface area contributed by atoms with Crippen LogP contribution in [0, 0.1) is 0 Å². The summed E-state index contributed by atoms with van der Waals surface area (Å²) in [5.74, 6) is -0.854. The number of ether oxygens (including phenoxy) is 1. The number of imide groups is 1. The minimum atomic E-state index is -5.10. The average Bonchev–Trinajstić information content (AvgIpc) is 2.69. The highest BCUT2D eigenvalue weighted by Crippen LogP contribution is 2.28. The van der Waals surface area contributed by atoms with Crippen LogP contribution in [0.1, 0.15) is 5.56 Å². The lowest BCUT2D eigenvalue weighted by atomic mass is 10.2. The Balaban J connectivity index is 2.08. The summed E-state index contributed by atoms with van der Waals surface area (Å²) in [6.45, 7) is 0. The number of thioether (sulfide) groups is 1. The van der Waals surface area contributed by atoms with Gasteiger partial charge in [0.1, 0.15) is 5.75 Å². The van der Waals surface area contributed by atoms with Gasteiger partial charge in [-0.05, 0) is 35.5 Å². The molecule has 0 saturated carbocycles. The molecule has 0 spiro atoms. The topological polar surface area (TPSA) is 55.4 Å². The largest absolute Gasteiger partial charge is 0.457 e. The third-order valence-electron chi connectivity index (χ3n) is 2.32. The molecule has 0 bridgehead atoms. The summed E-state index contributed by atoms with van der Waals surface area (Å²) >= 11 is 0.708. The van der Waals surface area contributed by atoms with Crippen molar-refractivity contribution in [2.45, 2.75) is 12.5 Å². The molecule has 1 N–H and O–H groups in total. The Hall–Kier alpha value is -2.03. The van der Waals surface area contributed by atoms with Crippen LogP contribution in [-0.4, -0.2) is 23.7 Å². The van der Waals surface area contributed by atoms with Crippen molar-refractivity contribution in [3.63, 3.8) is 0 Å². The monoisotopic (exact) mass is 321 g/mol. The maximum absolute atomic E-state index is 12.7. The fourth-order valence-corrected chi connectivity index (χ4v) is 2.08. The third-order valence-corrected chi connectivity index (χ3v) is 3.13. The smallest absolute Gasteiger partial charge is 0.452 e. The van der Waals surface area contributed by atoms with Gasteiger partial charge in [-0.15, -0.1) is 0 Å². The van der Waals surface area contributed by atoms with Crippen LogP contribution in [0.15, 0.2) is 29.2 Å². The van der Waals surface area contributed by atoms with Gasteiger partial charge in [0.25, 0.3) is 11.1 Å². The van der Waals surface area contributed by atoms with Crippen molar-refractivity contribution in [3.8, 4) is 5.75 Å². The Bertz CT molecular complexity index is 598. The van der Waals surface area contributed by atoms with E-state index in [9.17, 15) is 27.2 Å². The molecule has 0 radical (unpaired) electrons. The molecule has 2 rings (SSSR count). The van der Waals surface area contributed by atoms with Gasteiger partial charge in [-0.25, -0.2) is 0 Å². The highest BCUT2D eigenvalue weighted by molar-refractivity contribution is 8.18. The SMILES string of the molecule is O=C1NC(=O)C(=Cc2ccc(OC(F)C(F)(F)F)cc2)S1. The molecule has 2 amide bonds. The molecule has 0 aromatic heterocycles. The Morgan fingerprint density at radius 3 is 2.29 bits per heavy atom. The minimum Gasteiger partial charge on any atom is -0.452 e. The zero-order valence-corrected chi connectivity index (χ0v) is 10.9. The zero-order valence-electron chi connectivity index (χ0n) is 10.1. The van der Waals surface area contributed by atoms with Crippen molar-refractivity contribution >= 4 is 29.0 Å². The van der Waals surface area contributed by atoms with E-state index in [-0.39, 0.29) is 10.7 Å². The highest BCUT2D eigenvalue weighted by Gasteiger charge is 2.42. The number of rotatable bonds is 3. The molecule has 1 unspecified atom stereocenters. The van der Waals surface area contributed by atoms with Crippen molar-refractivity contribution in [1.29, 1.82) is 0 Å². The molecule has 21 heavy (non-hydrogen) atoms. The first-order chi connectivity index (χ1) is 9.75. The highest BCUT2D eigenvalue weighted by atomic mass is 32.2. The molecule has 1 saturated heterocycles. The number of hydrogen-bond acceptors (Lipinski definition) is 4. The second-order valence-corrected chi connectivity index (χ2v) is 4.91. The summed E-state index contributed by atoms with van der Waals surface area (Å²) in [5, 5.41) is 1.56. The standard InChI is InChI=1S/C12H7F4NO3S/c13-10(12(14,15)16)20-7-3-1-6(2-4-7)5-8-9(18)17-11(19)21-8/h1-5,10H,(H,17,18,19). The van der Waals surface area contributed by atoms with E-state index in [4.69, 9.17) is 0 Å². The van der Waals surface area contributed by atoms with E-state index in [0.717, 1.165) is 12.1 Å². The van der Waals surface area contributed by atoms with Crippen molar-refractivity contribution in [1.82, 2.24) is 5.32 Å². The first-order valence-corrected chi connectivity index (χ1v) is 6.30. The maximum Gasteiger partial charge on any atom is 0.457 e. The van der Waals surface area contributed by atoms with E-state index in [1.165, 1.54) is 18.2 Å². The molecular weight excluding hydrogens is 314 g/mol. The van der Waals surface area contributed by atoms with Crippen LogP contribution in [-0.2, 0) is 4.79 Å². The summed E-state index contributed by atoms with van der Waals surface area (Å²) in [6, 6.07) is 4.93. The Morgan fingerprint density at radius 1 is 1.19 bits per heavy atom. The third kappa shape index (κ3) is 3.97. The van der Waals surface area contributed by atoms with E-state index in [1.807, 2.05) is 0 Å². The Kier molecular flexibility index (Phi) is 4.21. The lowest BCUT2D eigenvalue weighted by Gasteiger charge is -2.14. The molecule has 0 aliphatic carbocycles. The predicted molar refractivity (Wildman–Crippen MR) is 67.1 cm³/mol. The summed E-state index contributed by atoms with van der Waals surface area (Å²) in [6.07, 6.45) is -7.12. The van der Waals surface area contributed by atoms with Crippen molar-refractivity contribution < 1.29 is 31.9 Å². The number of benzene rings is 1. The summed E-state index contributed by atoms with van der Waals surface area (Å²) in [5.41, 5.74) is 0.456. The number of halogens is 4. The number of nitrogens with one attached hydrogen (secondary N) is 1. The second kappa shape index (κ2) is 5.76.